The van der Waals surface area contributed by atoms with Crippen LogP contribution in [0, 0.1) is 3.57 Å². The highest BCUT2D eigenvalue weighted by Crippen LogP contribution is 2.24. The zero-order valence-corrected chi connectivity index (χ0v) is 9.96. The number of aldehydes is 1. The molecule has 13 heavy (non-hydrogen) atoms. The molecule has 0 aliphatic heterocycles. The van der Waals surface area contributed by atoms with E-state index in [1.165, 1.54) is 0 Å². The number of anilines is 1. The Kier molecular flexibility index (Phi) is 3.99. The lowest BCUT2D eigenvalue weighted by Gasteiger charge is -2.10. The highest BCUT2D eigenvalue weighted by molar-refractivity contribution is 14.1. The van der Waals surface area contributed by atoms with Crippen molar-refractivity contribution in [3.63, 3.8) is 0 Å². The quantitative estimate of drug-likeness (QED) is 0.687. The van der Waals surface area contributed by atoms with Crippen LogP contribution in [0.25, 0.3) is 0 Å². The Hall–Kier alpha value is -0.290. The summed E-state index contributed by atoms with van der Waals surface area (Å²) in [5, 5.41) is 3.62. The van der Waals surface area contributed by atoms with Crippen molar-refractivity contribution < 1.29 is 4.79 Å². The van der Waals surface area contributed by atoms with E-state index >= 15 is 0 Å². The zero-order valence-electron chi connectivity index (χ0n) is 7.05. The average Bonchev–Trinajstić information content (AvgIpc) is 2.09. The molecule has 70 valence electrons. The smallest absolute Gasteiger partial charge is 0.141 e. The minimum atomic E-state index is -0.211. The number of hydrogen-bond acceptors (Lipinski definition) is 2. The molecule has 1 unspecified atom stereocenters. The van der Waals surface area contributed by atoms with Crippen molar-refractivity contribution >= 4 is 46.2 Å². The molecule has 1 N–H and O–H groups in total. The molecule has 1 atom stereocenters. The van der Waals surface area contributed by atoms with Crippen molar-refractivity contribution in [2.24, 2.45) is 0 Å². The Morgan fingerprint density at radius 1 is 1.62 bits per heavy atom. The molecule has 0 amide bonds. The van der Waals surface area contributed by atoms with Crippen LogP contribution >= 0.6 is 34.2 Å². The molecule has 0 heterocycles. The highest BCUT2D eigenvalue weighted by Gasteiger charge is 2.03. The molecule has 2 nitrogen and oxygen atoms in total. The third kappa shape index (κ3) is 3.15. The number of carbonyl (C=O) groups excluding carboxylic acids is 1. The lowest BCUT2D eigenvalue weighted by molar-refractivity contribution is -0.108. The van der Waals surface area contributed by atoms with E-state index in [-0.39, 0.29) is 6.04 Å². The maximum Gasteiger partial charge on any atom is 0.141 e. The summed E-state index contributed by atoms with van der Waals surface area (Å²) >= 11 is 8.13. The summed E-state index contributed by atoms with van der Waals surface area (Å²) in [6.45, 7) is 1.78. The van der Waals surface area contributed by atoms with Crippen molar-refractivity contribution in [2.75, 3.05) is 5.32 Å². The molecular weight excluding hydrogens is 300 g/mol. The van der Waals surface area contributed by atoms with Gasteiger partial charge in [0.25, 0.3) is 0 Å². The van der Waals surface area contributed by atoms with Crippen LogP contribution in [0.3, 0.4) is 0 Å². The molecule has 0 fully saturated rings. The Bertz CT molecular complexity index is 316. The first-order chi connectivity index (χ1) is 6.13. The average molecular weight is 310 g/mol. The van der Waals surface area contributed by atoms with Crippen LogP contribution in [0.5, 0.6) is 0 Å². The van der Waals surface area contributed by atoms with Crippen molar-refractivity contribution in [1.82, 2.24) is 0 Å². The maximum atomic E-state index is 10.4. The van der Waals surface area contributed by atoms with Crippen molar-refractivity contribution in [3.8, 4) is 0 Å². The number of hydrogen-bond donors (Lipinski definition) is 1. The van der Waals surface area contributed by atoms with Crippen LogP contribution in [0.1, 0.15) is 6.92 Å². The fourth-order valence-corrected chi connectivity index (χ4v) is 1.80. The molecule has 1 aromatic carbocycles. The first-order valence-electron chi connectivity index (χ1n) is 3.80. The molecule has 0 spiro atoms. The molecular formula is C9H9ClINO. The molecule has 0 aliphatic rings. The van der Waals surface area contributed by atoms with Gasteiger partial charge in [0.1, 0.15) is 6.29 Å². The van der Waals surface area contributed by atoms with Gasteiger partial charge < -0.3 is 10.1 Å². The SMILES string of the molecule is CC(C=O)Nc1ccc(I)cc1Cl. The van der Waals surface area contributed by atoms with Gasteiger partial charge in [0.05, 0.1) is 16.8 Å². The lowest BCUT2D eigenvalue weighted by atomic mass is 10.3. The summed E-state index contributed by atoms with van der Waals surface area (Å²) < 4.78 is 1.08. The van der Waals surface area contributed by atoms with Gasteiger partial charge in [0.15, 0.2) is 0 Å². The van der Waals surface area contributed by atoms with Gasteiger partial charge in [-0.05, 0) is 47.7 Å². The summed E-state index contributed by atoms with van der Waals surface area (Å²) in [6, 6.07) is 5.44. The molecule has 0 saturated heterocycles. The zero-order chi connectivity index (χ0) is 9.84. The van der Waals surface area contributed by atoms with Crippen LogP contribution in [-0.4, -0.2) is 12.3 Å². The minimum Gasteiger partial charge on any atom is -0.375 e. The Morgan fingerprint density at radius 2 is 2.31 bits per heavy atom. The second kappa shape index (κ2) is 4.81. The highest BCUT2D eigenvalue weighted by atomic mass is 127. The largest absolute Gasteiger partial charge is 0.375 e. The number of nitrogens with one attached hydrogen (secondary N) is 1. The van der Waals surface area contributed by atoms with Gasteiger partial charge >= 0.3 is 0 Å². The maximum absolute atomic E-state index is 10.4. The van der Waals surface area contributed by atoms with Gasteiger partial charge in [-0.1, -0.05) is 11.6 Å². The monoisotopic (exact) mass is 309 g/mol. The molecule has 0 radical (unpaired) electrons. The molecule has 1 rings (SSSR count). The Balaban J connectivity index is 2.83. The van der Waals surface area contributed by atoms with Crippen LogP contribution in [0.2, 0.25) is 5.02 Å². The number of rotatable bonds is 3. The van der Waals surface area contributed by atoms with Gasteiger partial charge in [-0.25, -0.2) is 0 Å². The van der Waals surface area contributed by atoms with Crippen molar-refractivity contribution in [2.45, 2.75) is 13.0 Å². The first-order valence-corrected chi connectivity index (χ1v) is 5.26. The topological polar surface area (TPSA) is 29.1 Å². The predicted molar refractivity (Wildman–Crippen MR) is 63.3 cm³/mol. The van der Waals surface area contributed by atoms with Crippen LogP contribution < -0.4 is 5.32 Å². The van der Waals surface area contributed by atoms with E-state index in [0.29, 0.717) is 5.02 Å². The van der Waals surface area contributed by atoms with E-state index in [9.17, 15) is 4.79 Å². The second-order valence-corrected chi connectivity index (χ2v) is 4.35. The predicted octanol–water partition coefficient (Wildman–Crippen LogP) is 2.94. The van der Waals surface area contributed by atoms with Crippen molar-refractivity contribution in [3.05, 3.63) is 26.8 Å². The van der Waals surface area contributed by atoms with Crippen LogP contribution in [0.4, 0.5) is 5.69 Å². The van der Waals surface area contributed by atoms with E-state index in [1.54, 1.807) is 6.92 Å². The second-order valence-electron chi connectivity index (χ2n) is 2.69. The summed E-state index contributed by atoms with van der Waals surface area (Å²) in [5.74, 6) is 0. The molecule has 1 aromatic rings. The molecule has 4 heteroatoms. The summed E-state index contributed by atoms with van der Waals surface area (Å²) in [6.07, 6.45) is 0.842. The van der Waals surface area contributed by atoms with E-state index < -0.39 is 0 Å². The minimum absolute atomic E-state index is 0.211. The third-order valence-electron chi connectivity index (χ3n) is 1.52. The molecule has 0 aliphatic carbocycles. The van der Waals surface area contributed by atoms with Gasteiger partial charge in [-0.3, -0.25) is 0 Å². The normalized spacial score (nSPS) is 12.2. The van der Waals surface area contributed by atoms with E-state index in [0.717, 1.165) is 15.5 Å². The summed E-state index contributed by atoms with van der Waals surface area (Å²) in [4.78, 5) is 10.4. The van der Waals surface area contributed by atoms with Crippen molar-refractivity contribution in [1.29, 1.82) is 0 Å². The standard InChI is InChI=1S/C9H9ClINO/c1-6(5-13)12-9-3-2-7(11)4-8(9)10/h2-6,12H,1H3. The lowest BCUT2D eigenvalue weighted by Crippen LogP contribution is -2.16. The van der Waals surface area contributed by atoms with E-state index in [1.807, 2.05) is 18.2 Å². The van der Waals surface area contributed by atoms with Gasteiger partial charge in [-0.15, -0.1) is 0 Å². The Labute approximate surface area is 95.8 Å². The molecule has 0 aromatic heterocycles. The first kappa shape index (κ1) is 10.8. The summed E-state index contributed by atoms with van der Waals surface area (Å²) in [5.41, 5.74) is 0.793. The van der Waals surface area contributed by atoms with E-state index in [4.69, 9.17) is 11.6 Å². The number of benzene rings is 1. The Morgan fingerprint density at radius 3 is 2.85 bits per heavy atom. The fraction of sp³-hybridized carbons (Fsp3) is 0.222. The van der Waals surface area contributed by atoms with Crippen LogP contribution in [-0.2, 0) is 4.79 Å². The summed E-state index contributed by atoms with van der Waals surface area (Å²) in [7, 11) is 0. The molecule has 0 bridgehead atoms. The van der Waals surface area contributed by atoms with Gasteiger partial charge in [0, 0.05) is 3.57 Å². The van der Waals surface area contributed by atoms with Gasteiger partial charge in [0.2, 0.25) is 0 Å². The van der Waals surface area contributed by atoms with Gasteiger partial charge in [-0.2, -0.15) is 0 Å². The number of halogens is 2. The number of carbonyl (C=O) groups is 1. The van der Waals surface area contributed by atoms with E-state index in [2.05, 4.69) is 27.9 Å². The third-order valence-corrected chi connectivity index (χ3v) is 2.50. The fourth-order valence-electron chi connectivity index (χ4n) is 0.886. The molecule has 0 saturated carbocycles. The van der Waals surface area contributed by atoms with Crippen LogP contribution in [0.15, 0.2) is 18.2 Å².